The zero-order chi connectivity index (χ0) is 13.4. The number of ketones is 1. The Kier molecular flexibility index (Phi) is 7.47. The molecule has 0 spiro atoms. The van der Waals surface area contributed by atoms with Gasteiger partial charge in [-0.2, -0.15) is 0 Å². The van der Waals surface area contributed by atoms with Crippen molar-refractivity contribution >= 4 is 33.3 Å². The van der Waals surface area contributed by atoms with Crippen LogP contribution in [-0.4, -0.2) is 17.7 Å². The fourth-order valence-electron chi connectivity index (χ4n) is 1.41. The first-order valence-corrected chi connectivity index (χ1v) is 7.22. The molecule has 0 saturated heterocycles. The first-order chi connectivity index (χ1) is 8.63. The Morgan fingerprint density at radius 1 is 1.39 bits per heavy atom. The van der Waals surface area contributed by atoms with Crippen molar-refractivity contribution in [2.24, 2.45) is 0 Å². The van der Waals surface area contributed by atoms with Gasteiger partial charge in [0.2, 0.25) is 0 Å². The Morgan fingerprint density at radius 2 is 2.17 bits per heavy atom. The van der Waals surface area contributed by atoms with Crippen molar-refractivity contribution in [2.75, 3.05) is 11.9 Å². The third-order valence-corrected chi connectivity index (χ3v) is 3.28. The maximum atomic E-state index is 13.4. The van der Waals surface area contributed by atoms with E-state index in [1.54, 1.807) is 12.1 Å². The molecule has 0 atom stereocenters. The van der Waals surface area contributed by atoms with Crippen LogP contribution in [0.4, 0.5) is 4.39 Å². The van der Waals surface area contributed by atoms with Crippen LogP contribution in [0.3, 0.4) is 0 Å². The topological polar surface area (TPSA) is 26.3 Å². The van der Waals surface area contributed by atoms with Crippen LogP contribution in [0, 0.1) is 5.82 Å². The summed E-state index contributed by atoms with van der Waals surface area (Å²) >= 11 is 8.76. The number of rotatable bonds is 8. The van der Waals surface area contributed by atoms with Crippen LogP contribution in [0.25, 0.3) is 0 Å². The Hall–Kier alpha value is -0.450. The van der Waals surface area contributed by atoms with Crippen molar-refractivity contribution in [1.29, 1.82) is 0 Å². The minimum atomic E-state index is -0.350. The van der Waals surface area contributed by atoms with E-state index in [1.165, 1.54) is 6.07 Å². The van der Waals surface area contributed by atoms with E-state index in [0.717, 1.165) is 12.8 Å². The minimum absolute atomic E-state index is 0.193. The van der Waals surface area contributed by atoms with Gasteiger partial charge in [-0.05, 0) is 25.0 Å². The first-order valence-electron chi connectivity index (χ1n) is 5.73. The van der Waals surface area contributed by atoms with Crippen molar-refractivity contribution < 1.29 is 13.9 Å². The second kappa shape index (κ2) is 8.62. The van der Waals surface area contributed by atoms with E-state index in [2.05, 4.69) is 15.9 Å². The molecular formula is C13H15BrClFO2. The van der Waals surface area contributed by atoms with Gasteiger partial charge in [0.1, 0.15) is 11.6 Å². The summed E-state index contributed by atoms with van der Waals surface area (Å²) < 4.78 is 18.7. The van der Waals surface area contributed by atoms with Gasteiger partial charge in [-0.3, -0.25) is 4.79 Å². The Bertz CT molecular complexity index is 399. The molecule has 2 nitrogen and oxygen atoms in total. The molecular weight excluding hydrogens is 322 g/mol. The molecule has 0 amide bonds. The molecule has 100 valence electrons. The maximum Gasteiger partial charge on any atom is 0.143 e. The Labute approximate surface area is 120 Å². The molecule has 5 heteroatoms. The summed E-state index contributed by atoms with van der Waals surface area (Å²) in [6.45, 7) is 0.757. The lowest BCUT2D eigenvalue weighted by atomic mass is 10.2. The molecule has 0 aliphatic rings. The predicted octanol–water partition coefficient (Wildman–Crippen LogP) is 4.13. The summed E-state index contributed by atoms with van der Waals surface area (Å²) in [5.74, 6) is -0.157. The number of alkyl halides is 1. The van der Waals surface area contributed by atoms with Crippen molar-refractivity contribution in [1.82, 2.24) is 0 Å². The highest BCUT2D eigenvalue weighted by Crippen LogP contribution is 2.15. The molecule has 1 rings (SSSR count). The average molecular weight is 338 g/mol. The normalized spacial score (nSPS) is 10.6. The standard InChI is InChI=1S/C13H15BrClFO2/c14-8-12(17)3-1-2-6-18-9-10-4-5-11(15)7-13(10)16/h4-5,7H,1-3,6,8-9H2. The molecule has 0 N–H and O–H groups in total. The molecule has 1 aromatic carbocycles. The van der Waals surface area contributed by atoms with E-state index in [1.807, 2.05) is 0 Å². The van der Waals surface area contributed by atoms with Gasteiger partial charge in [0.05, 0.1) is 11.9 Å². The third-order valence-electron chi connectivity index (χ3n) is 2.42. The predicted molar refractivity (Wildman–Crippen MR) is 73.7 cm³/mol. The summed E-state index contributed by atoms with van der Waals surface area (Å²) in [5.41, 5.74) is 0.496. The van der Waals surface area contributed by atoms with Crippen molar-refractivity contribution in [3.05, 3.63) is 34.6 Å². The smallest absolute Gasteiger partial charge is 0.143 e. The summed E-state index contributed by atoms with van der Waals surface area (Å²) in [6.07, 6.45) is 2.16. The second-order valence-electron chi connectivity index (χ2n) is 3.92. The minimum Gasteiger partial charge on any atom is -0.377 e. The number of hydrogen-bond acceptors (Lipinski definition) is 2. The van der Waals surface area contributed by atoms with Crippen molar-refractivity contribution in [3.8, 4) is 0 Å². The van der Waals surface area contributed by atoms with Gasteiger partial charge < -0.3 is 4.74 Å². The molecule has 0 unspecified atom stereocenters. The lowest BCUT2D eigenvalue weighted by Gasteiger charge is -2.05. The van der Waals surface area contributed by atoms with Gasteiger partial charge in [0, 0.05) is 23.6 Å². The lowest BCUT2D eigenvalue weighted by molar-refractivity contribution is -0.116. The van der Waals surface area contributed by atoms with Gasteiger partial charge in [-0.15, -0.1) is 0 Å². The fourth-order valence-corrected chi connectivity index (χ4v) is 1.85. The zero-order valence-corrected chi connectivity index (χ0v) is 12.3. The van der Waals surface area contributed by atoms with Gasteiger partial charge in [0.15, 0.2) is 0 Å². The van der Waals surface area contributed by atoms with Crippen LogP contribution in [0.15, 0.2) is 18.2 Å². The summed E-state index contributed by atoms with van der Waals surface area (Å²) in [6, 6.07) is 4.53. The SMILES string of the molecule is O=C(CBr)CCCCOCc1ccc(Cl)cc1F. The highest BCUT2D eigenvalue weighted by molar-refractivity contribution is 9.09. The van der Waals surface area contributed by atoms with Gasteiger partial charge >= 0.3 is 0 Å². The molecule has 0 aliphatic heterocycles. The van der Waals surface area contributed by atoms with E-state index in [0.29, 0.717) is 28.9 Å². The van der Waals surface area contributed by atoms with E-state index in [4.69, 9.17) is 16.3 Å². The quantitative estimate of drug-likeness (QED) is 0.526. The van der Waals surface area contributed by atoms with Gasteiger partial charge in [0.25, 0.3) is 0 Å². The summed E-state index contributed by atoms with van der Waals surface area (Å²) in [4.78, 5) is 11.0. The Morgan fingerprint density at radius 3 is 2.83 bits per heavy atom. The van der Waals surface area contributed by atoms with Crippen LogP contribution in [0.5, 0.6) is 0 Å². The molecule has 1 aromatic rings. The van der Waals surface area contributed by atoms with Crippen LogP contribution >= 0.6 is 27.5 Å². The molecule has 0 saturated carbocycles. The van der Waals surface area contributed by atoms with Gasteiger partial charge in [-0.25, -0.2) is 4.39 Å². The van der Waals surface area contributed by atoms with E-state index >= 15 is 0 Å². The molecule has 0 radical (unpaired) electrons. The number of hydrogen-bond donors (Lipinski definition) is 0. The number of carbonyl (C=O) groups is 1. The first kappa shape index (κ1) is 15.6. The monoisotopic (exact) mass is 336 g/mol. The number of unbranched alkanes of at least 4 members (excludes halogenated alkanes) is 1. The molecule has 0 fully saturated rings. The average Bonchev–Trinajstić information content (AvgIpc) is 2.35. The molecule has 0 aromatic heterocycles. The van der Waals surface area contributed by atoms with E-state index in [-0.39, 0.29) is 18.2 Å². The summed E-state index contributed by atoms with van der Waals surface area (Å²) in [5, 5.41) is 0.786. The highest BCUT2D eigenvalue weighted by Gasteiger charge is 2.03. The van der Waals surface area contributed by atoms with E-state index < -0.39 is 0 Å². The molecule has 0 bridgehead atoms. The second-order valence-corrected chi connectivity index (χ2v) is 4.91. The number of ether oxygens (including phenoxy) is 1. The summed E-state index contributed by atoms with van der Waals surface area (Å²) in [7, 11) is 0. The fraction of sp³-hybridized carbons (Fsp3) is 0.462. The highest BCUT2D eigenvalue weighted by atomic mass is 79.9. The van der Waals surface area contributed by atoms with Crippen LogP contribution in [0.2, 0.25) is 5.02 Å². The Balaban J connectivity index is 2.16. The van der Waals surface area contributed by atoms with Crippen LogP contribution in [0.1, 0.15) is 24.8 Å². The largest absolute Gasteiger partial charge is 0.377 e. The van der Waals surface area contributed by atoms with E-state index in [9.17, 15) is 9.18 Å². The molecule has 0 aliphatic carbocycles. The molecule has 0 heterocycles. The number of carbonyl (C=O) groups excluding carboxylic acids is 1. The van der Waals surface area contributed by atoms with Crippen LogP contribution < -0.4 is 0 Å². The molecule has 18 heavy (non-hydrogen) atoms. The number of Topliss-reactive ketones (excluding diaryl/α,β-unsaturated/α-hetero) is 1. The van der Waals surface area contributed by atoms with Crippen LogP contribution in [-0.2, 0) is 16.1 Å². The zero-order valence-electron chi connectivity index (χ0n) is 9.93. The maximum absolute atomic E-state index is 13.4. The van der Waals surface area contributed by atoms with Crippen molar-refractivity contribution in [3.63, 3.8) is 0 Å². The van der Waals surface area contributed by atoms with Crippen molar-refractivity contribution in [2.45, 2.75) is 25.9 Å². The number of halogens is 3. The third kappa shape index (κ3) is 5.94. The lowest BCUT2D eigenvalue weighted by Crippen LogP contribution is -2.01. The van der Waals surface area contributed by atoms with Gasteiger partial charge in [-0.1, -0.05) is 33.6 Å². The number of benzene rings is 1.